The molecular formula is C31H31BrFN3O2Si. The first kappa shape index (κ1) is 27.4. The normalized spacial score (nSPS) is 12.3. The standard InChI is InChI=1S/C31H31BrFN3O2Si/c1-31(2,3)39(24-10-6-4-7-11-24,25-12-8-5-9-13-25)38-15-14-36-29-17-26(32)27(33)18-28(29)35-30(36)23-16-22(21-37)19-34-20-23/h4-13,16-20,37H,14-15,21H2,1-3H3. The average Bonchev–Trinajstić information content (AvgIpc) is 3.28. The summed E-state index contributed by atoms with van der Waals surface area (Å²) in [5.74, 6) is 0.279. The first-order chi connectivity index (χ1) is 18.7. The summed E-state index contributed by atoms with van der Waals surface area (Å²) >= 11 is 3.34. The molecule has 0 spiro atoms. The largest absolute Gasteiger partial charge is 0.406 e. The Morgan fingerprint density at radius 3 is 2.18 bits per heavy atom. The van der Waals surface area contributed by atoms with Gasteiger partial charge in [-0.15, -0.1) is 0 Å². The van der Waals surface area contributed by atoms with Gasteiger partial charge in [0.05, 0.1) is 28.7 Å². The molecule has 5 rings (SSSR count). The monoisotopic (exact) mass is 603 g/mol. The SMILES string of the molecule is CC(C)(C)[Si](OCCn1c(-c2cncc(CO)c2)nc2cc(F)c(Br)cc21)(c1ccccc1)c1ccccc1. The number of halogens is 2. The van der Waals surface area contributed by atoms with Crippen LogP contribution in [0.5, 0.6) is 0 Å². The Balaban J connectivity index is 1.59. The minimum Gasteiger partial charge on any atom is -0.406 e. The van der Waals surface area contributed by atoms with Crippen molar-refractivity contribution in [3.63, 3.8) is 0 Å². The van der Waals surface area contributed by atoms with Gasteiger partial charge >= 0.3 is 0 Å². The van der Waals surface area contributed by atoms with E-state index < -0.39 is 8.32 Å². The summed E-state index contributed by atoms with van der Waals surface area (Å²) < 4.78 is 24.0. The number of aliphatic hydroxyl groups excluding tert-OH is 1. The average molecular weight is 605 g/mol. The van der Waals surface area contributed by atoms with Gasteiger partial charge in [-0.1, -0.05) is 81.4 Å². The van der Waals surface area contributed by atoms with Crippen LogP contribution in [0.1, 0.15) is 26.3 Å². The number of hydrogen-bond acceptors (Lipinski definition) is 4. The van der Waals surface area contributed by atoms with Gasteiger partial charge in [-0.25, -0.2) is 9.37 Å². The highest BCUT2D eigenvalue weighted by Gasteiger charge is 2.50. The van der Waals surface area contributed by atoms with Crippen molar-refractivity contribution in [2.45, 2.75) is 39.0 Å². The molecule has 2 aromatic heterocycles. The second-order valence-electron chi connectivity index (χ2n) is 10.6. The Kier molecular flexibility index (Phi) is 7.82. The highest BCUT2D eigenvalue weighted by Crippen LogP contribution is 2.37. The van der Waals surface area contributed by atoms with E-state index in [-0.39, 0.29) is 17.5 Å². The van der Waals surface area contributed by atoms with E-state index >= 15 is 0 Å². The van der Waals surface area contributed by atoms with Gasteiger partial charge in [0.25, 0.3) is 8.32 Å². The number of benzene rings is 3. The molecule has 2 heterocycles. The van der Waals surface area contributed by atoms with E-state index in [2.05, 4.69) is 94.8 Å². The third-order valence-corrected chi connectivity index (χ3v) is 12.7. The smallest absolute Gasteiger partial charge is 0.261 e. The van der Waals surface area contributed by atoms with E-state index in [4.69, 9.17) is 9.41 Å². The van der Waals surface area contributed by atoms with Crippen LogP contribution in [0.2, 0.25) is 5.04 Å². The van der Waals surface area contributed by atoms with Crippen molar-refractivity contribution >= 4 is 45.7 Å². The molecule has 0 aliphatic carbocycles. The first-order valence-electron chi connectivity index (χ1n) is 12.9. The maximum Gasteiger partial charge on any atom is 0.261 e. The van der Waals surface area contributed by atoms with E-state index in [9.17, 15) is 9.50 Å². The second kappa shape index (κ2) is 11.1. The fraction of sp³-hybridized carbons (Fsp3) is 0.226. The van der Waals surface area contributed by atoms with Crippen LogP contribution in [-0.2, 0) is 17.6 Å². The lowest BCUT2D eigenvalue weighted by atomic mass is 10.2. The molecule has 5 aromatic rings. The van der Waals surface area contributed by atoms with Crippen LogP contribution in [0.15, 0.2) is 95.7 Å². The van der Waals surface area contributed by atoms with Crippen LogP contribution >= 0.6 is 15.9 Å². The maximum atomic E-state index is 14.5. The highest BCUT2D eigenvalue weighted by atomic mass is 79.9. The minimum absolute atomic E-state index is 0.127. The fourth-order valence-electron chi connectivity index (χ4n) is 5.31. The molecule has 0 radical (unpaired) electrons. The lowest BCUT2D eigenvalue weighted by molar-refractivity contribution is 0.281. The number of aromatic nitrogens is 3. The molecular weight excluding hydrogens is 573 g/mol. The summed E-state index contributed by atoms with van der Waals surface area (Å²) in [5.41, 5.74) is 2.77. The summed E-state index contributed by atoms with van der Waals surface area (Å²) in [6.45, 7) is 7.56. The zero-order valence-electron chi connectivity index (χ0n) is 22.2. The summed E-state index contributed by atoms with van der Waals surface area (Å²) in [4.78, 5) is 9.07. The van der Waals surface area contributed by atoms with Crippen LogP contribution in [0.4, 0.5) is 4.39 Å². The Morgan fingerprint density at radius 2 is 1.59 bits per heavy atom. The molecule has 200 valence electrons. The number of imidazole rings is 1. The fourth-order valence-corrected chi connectivity index (χ4v) is 10.2. The zero-order valence-corrected chi connectivity index (χ0v) is 24.8. The Bertz CT molecular complexity index is 1550. The molecule has 8 heteroatoms. The molecule has 0 aliphatic rings. The Labute approximate surface area is 237 Å². The zero-order chi connectivity index (χ0) is 27.6. The van der Waals surface area contributed by atoms with Gasteiger partial charge in [-0.2, -0.15) is 0 Å². The third kappa shape index (κ3) is 5.22. The van der Waals surface area contributed by atoms with Crippen molar-refractivity contribution in [2.24, 2.45) is 0 Å². The molecule has 0 fully saturated rings. The lowest BCUT2D eigenvalue weighted by Gasteiger charge is -2.43. The molecule has 0 aliphatic heterocycles. The van der Waals surface area contributed by atoms with Crippen LogP contribution in [0.3, 0.4) is 0 Å². The second-order valence-corrected chi connectivity index (χ2v) is 15.8. The molecule has 0 atom stereocenters. The number of aliphatic hydroxyl groups is 1. The topological polar surface area (TPSA) is 60.2 Å². The summed E-state index contributed by atoms with van der Waals surface area (Å²) in [5, 5.41) is 11.9. The molecule has 0 unspecified atom stereocenters. The summed E-state index contributed by atoms with van der Waals surface area (Å²) in [6, 6.07) is 26.1. The van der Waals surface area contributed by atoms with Crippen LogP contribution < -0.4 is 10.4 Å². The van der Waals surface area contributed by atoms with Gasteiger partial charge in [0.1, 0.15) is 11.6 Å². The van der Waals surface area contributed by atoms with Gasteiger partial charge in [-0.05, 0) is 49.0 Å². The van der Waals surface area contributed by atoms with Gasteiger partial charge in [0.2, 0.25) is 0 Å². The highest BCUT2D eigenvalue weighted by molar-refractivity contribution is 9.10. The number of fused-ring (bicyclic) bond motifs is 1. The molecule has 0 bridgehead atoms. The maximum absolute atomic E-state index is 14.5. The predicted molar refractivity (Wildman–Crippen MR) is 160 cm³/mol. The number of rotatable bonds is 8. The Hall–Kier alpha value is -3.17. The molecule has 0 saturated heterocycles. The van der Waals surface area contributed by atoms with Crippen molar-refractivity contribution in [3.05, 3.63) is 107 Å². The van der Waals surface area contributed by atoms with Crippen LogP contribution in [0.25, 0.3) is 22.4 Å². The lowest BCUT2D eigenvalue weighted by Crippen LogP contribution is -2.66. The number of hydrogen-bond donors (Lipinski definition) is 1. The third-order valence-electron chi connectivity index (χ3n) is 7.08. The number of nitrogens with zero attached hydrogens (tertiary/aromatic N) is 3. The van der Waals surface area contributed by atoms with Gasteiger partial charge in [0, 0.05) is 30.6 Å². The Morgan fingerprint density at radius 1 is 0.949 bits per heavy atom. The van der Waals surface area contributed by atoms with E-state index in [0.29, 0.717) is 34.5 Å². The minimum atomic E-state index is -2.73. The van der Waals surface area contributed by atoms with Crippen molar-refractivity contribution < 1.29 is 13.9 Å². The van der Waals surface area contributed by atoms with Crippen LogP contribution in [0, 0.1) is 5.82 Å². The number of pyridine rings is 1. The van der Waals surface area contributed by atoms with E-state index in [1.54, 1.807) is 18.5 Å². The first-order valence-corrected chi connectivity index (χ1v) is 15.6. The summed E-state index contributed by atoms with van der Waals surface area (Å²) in [7, 11) is -2.73. The molecule has 39 heavy (non-hydrogen) atoms. The predicted octanol–water partition coefficient (Wildman–Crippen LogP) is 6.07. The van der Waals surface area contributed by atoms with Gasteiger partial charge in [-0.3, -0.25) is 4.98 Å². The van der Waals surface area contributed by atoms with E-state index in [1.165, 1.54) is 16.4 Å². The molecule has 3 aromatic carbocycles. The van der Waals surface area contributed by atoms with E-state index in [1.807, 2.05) is 18.2 Å². The van der Waals surface area contributed by atoms with Crippen LogP contribution in [-0.4, -0.2) is 34.6 Å². The van der Waals surface area contributed by atoms with Crippen molar-refractivity contribution in [1.29, 1.82) is 0 Å². The van der Waals surface area contributed by atoms with Crippen molar-refractivity contribution in [3.8, 4) is 11.4 Å². The molecule has 1 N–H and O–H groups in total. The molecule has 5 nitrogen and oxygen atoms in total. The van der Waals surface area contributed by atoms with E-state index in [0.717, 1.165) is 11.1 Å². The summed E-state index contributed by atoms with van der Waals surface area (Å²) in [6.07, 6.45) is 3.34. The molecule has 0 saturated carbocycles. The quantitative estimate of drug-likeness (QED) is 0.219. The van der Waals surface area contributed by atoms with Crippen molar-refractivity contribution in [2.75, 3.05) is 6.61 Å². The van der Waals surface area contributed by atoms with Crippen molar-refractivity contribution in [1.82, 2.24) is 14.5 Å². The van der Waals surface area contributed by atoms with Gasteiger partial charge < -0.3 is 14.1 Å². The molecule has 0 amide bonds. The van der Waals surface area contributed by atoms with Gasteiger partial charge in [0.15, 0.2) is 0 Å².